The first-order valence-corrected chi connectivity index (χ1v) is 5.39. The topological polar surface area (TPSA) is 0 Å². The zero-order valence-electron chi connectivity index (χ0n) is 19.6. The summed E-state index contributed by atoms with van der Waals surface area (Å²) < 4.78 is 61.9. The van der Waals surface area contributed by atoms with E-state index >= 15 is 0 Å². The summed E-state index contributed by atoms with van der Waals surface area (Å²) in [6.07, 6.45) is 0. The molecule has 8 radical (unpaired) electrons. The average molecular weight is 332 g/mol. The molecule has 8 heteroatoms. The van der Waals surface area contributed by atoms with Crippen LogP contribution in [-0.4, -0.2) is 60.1 Å². The third kappa shape index (κ3) is 499. The van der Waals surface area contributed by atoms with Gasteiger partial charge in [-0.15, -0.1) is 0 Å². The molecule has 0 fully saturated rings. The van der Waals surface area contributed by atoms with Gasteiger partial charge in [0, 0.05) is 5.48 Å². The van der Waals surface area contributed by atoms with Gasteiger partial charge in [0.15, 0.2) is 0 Å². The first-order chi connectivity index (χ1) is 12.3. The van der Waals surface area contributed by atoms with Gasteiger partial charge in [-0.2, -0.15) is 0 Å². The smallest absolute Gasteiger partial charge is 0.0785 e. The fourth-order valence-corrected chi connectivity index (χ4v) is 0. The monoisotopic (exact) mass is 332 g/mol. The molecule has 0 aliphatic heterocycles. The van der Waals surface area contributed by atoms with Crippen LogP contribution in [-0.2, 0) is 0 Å². The van der Waals surface area contributed by atoms with Crippen molar-refractivity contribution >= 4 is 31.4 Å². The Hall–Kier alpha value is -0.280. The highest BCUT2D eigenvalue weighted by atomic mass is 19.1. The minimum Gasteiger partial charge on any atom is -0.255 e. The quantitative estimate of drug-likeness (QED) is 0.311. The van der Waals surface area contributed by atoms with Gasteiger partial charge in [0.25, 0.3) is 0 Å². The molecule has 132 valence electrons. The number of hydrogen-bond donors (Lipinski definition) is 0. The van der Waals surface area contributed by atoms with Crippen molar-refractivity contribution in [2.45, 2.75) is 54.9 Å². The molecule has 0 unspecified atom stereocenters. The van der Waals surface area contributed by atoms with E-state index in [0.717, 1.165) is 0 Å². The fraction of sp³-hybridized carbons (Fsp3) is 0.857. The maximum Gasteiger partial charge on any atom is 0.0785 e. The number of rotatable bonds is 0. The average Bonchev–Trinajstić information content (AvgIpc) is 2.64. The highest BCUT2D eigenvalue weighted by Crippen LogP contribution is 1.96. The molecule has 0 amide bonds. The first kappa shape index (κ1) is 33.4. The normalized spacial score (nSPS) is 6.55. The van der Waals surface area contributed by atoms with Crippen LogP contribution in [0, 0.1) is 0 Å². The molecule has 0 aromatic rings. The van der Waals surface area contributed by atoms with E-state index in [9.17, 15) is 17.6 Å². The van der Waals surface area contributed by atoms with Gasteiger partial charge in [0.1, 0.15) is 0 Å². The van der Waals surface area contributed by atoms with Crippen LogP contribution in [0.3, 0.4) is 0 Å². The highest BCUT2D eigenvalue weighted by Gasteiger charge is 1.75. The van der Waals surface area contributed by atoms with E-state index in [0.29, 0.717) is 28.7 Å². The first-order valence-electron chi connectivity index (χ1n) is 8.22. The maximum absolute atomic E-state index is 9.50. The standard InChI is InChI=1S/C6H12.4CH3B.4CH3F/c1-5(2)6(3)4;8*1-2/h1-4H3;8*1H3/i;4*1T;;;;. The molecular formula is C14H36B4F4. The second kappa shape index (κ2) is 246. The van der Waals surface area contributed by atoms with Crippen LogP contribution in [0.15, 0.2) is 11.1 Å². The third-order valence-electron chi connectivity index (χ3n) is 1.00. The summed E-state index contributed by atoms with van der Waals surface area (Å²) in [7, 11) is 20.1. The van der Waals surface area contributed by atoms with E-state index in [1.54, 1.807) is 0 Å². The van der Waals surface area contributed by atoms with Crippen molar-refractivity contribution in [2.75, 3.05) is 28.7 Å². The predicted octanol–water partition coefficient (Wildman–Crippen LogP) is 5.52. The second-order valence-corrected chi connectivity index (χ2v) is 2.00. The lowest BCUT2D eigenvalue weighted by Gasteiger charge is -1.88. The van der Waals surface area contributed by atoms with Gasteiger partial charge < -0.3 is 0 Å². The Morgan fingerprint density at radius 2 is 0.545 bits per heavy atom. The van der Waals surface area contributed by atoms with Gasteiger partial charge in [-0.3, -0.25) is 17.6 Å². The second-order valence-electron chi connectivity index (χ2n) is 2.00. The minimum atomic E-state index is 0. The Bertz CT molecular complexity index is 128. The zero-order valence-corrected chi connectivity index (χ0v) is 15.6. The SMILES string of the molecule is CC(C)=C(C)C.CF.CF.CF.CF.[3H]C[B].[3H]C[B].[3H]C[B].[3H]C[B]. The van der Waals surface area contributed by atoms with Gasteiger partial charge in [-0.1, -0.05) is 38.3 Å². The highest BCUT2D eigenvalue weighted by molar-refractivity contribution is 6.06. The van der Waals surface area contributed by atoms with Crippen molar-refractivity contribution in [3.8, 4) is 0 Å². The molecular weight excluding hydrogens is 287 g/mol. The van der Waals surface area contributed by atoms with Gasteiger partial charge in [0.05, 0.1) is 60.1 Å². The van der Waals surface area contributed by atoms with Crippen molar-refractivity contribution < 1.29 is 23.0 Å². The molecule has 0 aromatic heterocycles. The van der Waals surface area contributed by atoms with Gasteiger partial charge in [-0.05, 0) is 27.7 Å². The van der Waals surface area contributed by atoms with Crippen molar-refractivity contribution in [1.29, 1.82) is 0 Å². The Morgan fingerprint density at radius 1 is 0.500 bits per heavy atom. The van der Waals surface area contributed by atoms with Crippen LogP contribution in [0.2, 0.25) is 27.2 Å². The number of hydrogen-bond acceptors (Lipinski definition) is 0. The lowest BCUT2D eigenvalue weighted by molar-refractivity contribution is 0.635. The molecule has 0 nitrogen and oxygen atoms in total. The van der Waals surface area contributed by atoms with Gasteiger partial charge in [0.2, 0.25) is 0 Å². The summed E-state index contributed by atoms with van der Waals surface area (Å²) in [6.45, 7) is 8.48. The summed E-state index contributed by atoms with van der Waals surface area (Å²) >= 11 is 0. The molecule has 0 bridgehead atoms. The Balaban J connectivity index is -0.0000000186. The van der Waals surface area contributed by atoms with Crippen molar-refractivity contribution in [3.63, 3.8) is 0 Å². The molecule has 0 atom stereocenters. The van der Waals surface area contributed by atoms with Gasteiger partial charge in [-0.25, -0.2) is 0 Å². The van der Waals surface area contributed by atoms with E-state index in [1.165, 1.54) is 11.1 Å². The van der Waals surface area contributed by atoms with E-state index in [1.807, 2.05) is 0 Å². The summed E-state index contributed by atoms with van der Waals surface area (Å²) in [5, 5.41) is 0. The van der Waals surface area contributed by atoms with E-state index in [4.69, 9.17) is 5.48 Å². The van der Waals surface area contributed by atoms with Crippen LogP contribution in [0.5, 0.6) is 0 Å². The van der Waals surface area contributed by atoms with Crippen molar-refractivity contribution in [3.05, 3.63) is 11.1 Å². The Labute approximate surface area is 150 Å². The van der Waals surface area contributed by atoms with Gasteiger partial charge >= 0.3 is 0 Å². The molecule has 0 aromatic carbocycles. The summed E-state index contributed by atoms with van der Waals surface area (Å²) in [5.74, 6) is 0. The zero-order chi connectivity index (χ0) is 24.0. The van der Waals surface area contributed by atoms with Crippen molar-refractivity contribution in [1.82, 2.24) is 0 Å². The minimum absolute atomic E-state index is 0. The van der Waals surface area contributed by atoms with Crippen LogP contribution in [0.4, 0.5) is 17.6 Å². The Morgan fingerprint density at radius 3 is 0.545 bits per heavy atom. The molecule has 0 aliphatic rings. The van der Waals surface area contributed by atoms with E-state index < -0.39 is 0 Å². The molecule has 0 N–H and O–H groups in total. The molecule has 0 aliphatic carbocycles. The molecule has 22 heavy (non-hydrogen) atoms. The fourth-order valence-electron chi connectivity index (χ4n) is 0. The number of alkyl halides is 4. The summed E-state index contributed by atoms with van der Waals surface area (Å²) in [6, 6.07) is 0. The molecule has 0 heterocycles. The summed E-state index contributed by atoms with van der Waals surface area (Å²) in [4.78, 5) is 0. The molecule has 0 saturated carbocycles. The number of halogens is 4. The molecule has 0 saturated heterocycles. The van der Waals surface area contributed by atoms with Crippen LogP contribution >= 0.6 is 0 Å². The third-order valence-corrected chi connectivity index (χ3v) is 1.00. The van der Waals surface area contributed by atoms with E-state index in [2.05, 4.69) is 59.1 Å². The predicted molar refractivity (Wildman–Crippen MR) is 104 cm³/mol. The molecule has 0 rings (SSSR count). The molecule has 0 spiro atoms. The Kier molecular flexibility index (Phi) is 373. The van der Waals surface area contributed by atoms with Crippen LogP contribution < -0.4 is 0 Å². The number of allylic oxidation sites excluding steroid dienone is 2. The lowest BCUT2D eigenvalue weighted by atomic mass is 10.2. The lowest BCUT2D eigenvalue weighted by Crippen LogP contribution is -1.66. The van der Waals surface area contributed by atoms with E-state index in [-0.39, 0.29) is 27.2 Å². The van der Waals surface area contributed by atoms with Crippen molar-refractivity contribution in [2.24, 2.45) is 0 Å². The largest absolute Gasteiger partial charge is 0.255 e. The van der Waals surface area contributed by atoms with Crippen LogP contribution in [0.1, 0.15) is 33.2 Å². The summed E-state index contributed by atoms with van der Waals surface area (Å²) in [5.41, 5.74) is 2.85. The van der Waals surface area contributed by atoms with Crippen LogP contribution in [0.25, 0.3) is 0 Å². The maximum atomic E-state index is 9.50.